The van der Waals surface area contributed by atoms with E-state index in [-0.39, 0.29) is 0 Å². The van der Waals surface area contributed by atoms with Crippen molar-refractivity contribution in [3.63, 3.8) is 0 Å². The molecule has 0 aliphatic rings. The summed E-state index contributed by atoms with van der Waals surface area (Å²) in [6.07, 6.45) is -1.78. The highest BCUT2D eigenvalue weighted by molar-refractivity contribution is 5.35. The molecule has 7 heteroatoms. The molecule has 0 atom stereocenters. The summed E-state index contributed by atoms with van der Waals surface area (Å²) in [4.78, 5) is 3.72. The van der Waals surface area contributed by atoms with Crippen molar-refractivity contribution in [2.45, 2.75) is 19.0 Å². The lowest BCUT2D eigenvalue weighted by Crippen LogP contribution is -2.08. The van der Waals surface area contributed by atoms with Crippen LogP contribution in [0, 0.1) is 0 Å². The lowest BCUT2D eigenvalue weighted by atomic mass is 10.2. The molecule has 0 fully saturated rings. The van der Waals surface area contributed by atoms with E-state index in [0.29, 0.717) is 32.2 Å². The third-order valence-corrected chi connectivity index (χ3v) is 2.54. The van der Waals surface area contributed by atoms with Crippen molar-refractivity contribution < 1.29 is 22.6 Å². The third kappa shape index (κ3) is 6.72. The Kier molecular flexibility index (Phi) is 7.32. The highest BCUT2D eigenvalue weighted by atomic mass is 19.4. The van der Waals surface area contributed by atoms with Crippen molar-refractivity contribution in [3.05, 3.63) is 23.9 Å². The van der Waals surface area contributed by atoms with Gasteiger partial charge < -0.3 is 14.8 Å². The Morgan fingerprint density at radius 3 is 2.55 bits per heavy atom. The van der Waals surface area contributed by atoms with E-state index in [4.69, 9.17) is 9.47 Å². The molecule has 20 heavy (non-hydrogen) atoms. The van der Waals surface area contributed by atoms with Gasteiger partial charge in [-0.3, -0.25) is 0 Å². The maximum Gasteiger partial charge on any atom is 0.417 e. The van der Waals surface area contributed by atoms with Gasteiger partial charge in [-0.05, 0) is 25.0 Å². The molecule has 1 aromatic rings. The number of hydrogen-bond acceptors (Lipinski definition) is 4. The van der Waals surface area contributed by atoms with Crippen LogP contribution in [-0.4, -0.2) is 38.5 Å². The molecule has 0 spiro atoms. The van der Waals surface area contributed by atoms with Crippen LogP contribution in [0.3, 0.4) is 0 Å². The minimum atomic E-state index is -4.34. The highest BCUT2D eigenvalue weighted by Gasteiger charge is 2.30. The maximum absolute atomic E-state index is 12.3. The van der Waals surface area contributed by atoms with Crippen LogP contribution in [0.1, 0.15) is 18.4 Å². The van der Waals surface area contributed by atoms with Crippen LogP contribution >= 0.6 is 0 Å². The Bertz CT molecular complexity index is 369. The van der Waals surface area contributed by atoms with E-state index >= 15 is 0 Å². The van der Waals surface area contributed by atoms with Gasteiger partial charge in [0, 0.05) is 26.5 Å². The van der Waals surface area contributed by atoms with Gasteiger partial charge in [-0.25, -0.2) is 4.98 Å². The fourth-order valence-corrected chi connectivity index (χ4v) is 1.46. The molecule has 0 aliphatic carbocycles. The first-order valence-corrected chi connectivity index (χ1v) is 6.38. The number of pyridine rings is 1. The molecule has 0 saturated heterocycles. The number of methoxy groups -OCH3 is 1. The van der Waals surface area contributed by atoms with Gasteiger partial charge in [0.25, 0.3) is 0 Å². The van der Waals surface area contributed by atoms with Crippen LogP contribution in [0.2, 0.25) is 0 Å². The molecule has 0 aromatic carbocycles. The van der Waals surface area contributed by atoms with Crippen molar-refractivity contribution >= 4 is 5.82 Å². The second kappa shape index (κ2) is 8.76. The molecular formula is C13H19F3N2O2. The van der Waals surface area contributed by atoms with Crippen molar-refractivity contribution in [1.82, 2.24) is 4.98 Å². The van der Waals surface area contributed by atoms with E-state index in [9.17, 15) is 13.2 Å². The van der Waals surface area contributed by atoms with Crippen LogP contribution < -0.4 is 5.32 Å². The van der Waals surface area contributed by atoms with E-state index in [1.165, 1.54) is 6.07 Å². The molecule has 4 nitrogen and oxygen atoms in total. The maximum atomic E-state index is 12.3. The third-order valence-electron chi connectivity index (χ3n) is 2.54. The zero-order valence-corrected chi connectivity index (χ0v) is 11.4. The van der Waals surface area contributed by atoms with Gasteiger partial charge in [0.05, 0.1) is 18.8 Å². The van der Waals surface area contributed by atoms with E-state index in [2.05, 4.69) is 10.3 Å². The fraction of sp³-hybridized carbons (Fsp3) is 0.615. The van der Waals surface area contributed by atoms with Gasteiger partial charge in [-0.2, -0.15) is 13.2 Å². The lowest BCUT2D eigenvalue weighted by molar-refractivity contribution is -0.137. The Morgan fingerprint density at radius 2 is 1.95 bits per heavy atom. The van der Waals surface area contributed by atoms with Gasteiger partial charge in [0.15, 0.2) is 0 Å². The Morgan fingerprint density at radius 1 is 1.15 bits per heavy atom. The van der Waals surface area contributed by atoms with Gasteiger partial charge in [0.1, 0.15) is 5.82 Å². The number of hydrogen-bond donors (Lipinski definition) is 1. The molecule has 114 valence electrons. The number of rotatable bonds is 9. The summed E-state index contributed by atoms with van der Waals surface area (Å²) in [5.74, 6) is 0.443. The van der Waals surface area contributed by atoms with Crippen molar-refractivity contribution in [2.75, 3.05) is 38.8 Å². The van der Waals surface area contributed by atoms with E-state index in [0.717, 1.165) is 25.1 Å². The summed E-state index contributed by atoms with van der Waals surface area (Å²) in [7, 11) is 1.62. The molecule has 1 rings (SSSR count). The van der Waals surface area contributed by atoms with Crippen LogP contribution in [-0.2, 0) is 15.7 Å². The SMILES string of the molecule is COCCOCCCCNc1ccc(C(F)(F)F)cn1. The van der Waals surface area contributed by atoms with E-state index in [1.807, 2.05) is 0 Å². The number of nitrogens with one attached hydrogen (secondary N) is 1. The highest BCUT2D eigenvalue weighted by Crippen LogP contribution is 2.28. The topological polar surface area (TPSA) is 43.4 Å². The Labute approximate surface area is 116 Å². The molecular weight excluding hydrogens is 273 g/mol. The van der Waals surface area contributed by atoms with Crippen molar-refractivity contribution in [1.29, 1.82) is 0 Å². The average Bonchev–Trinajstić information content (AvgIpc) is 2.41. The van der Waals surface area contributed by atoms with Gasteiger partial charge in [-0.1, -0.05) is 0 Å². The number of nitrogens with zero attached hydrogens (tertiary/aromatic N) is 1. The second-order valence-electron chi connectivity index (χ2n) is 4.17. The summed E-state index contributed by atoms with van der Waals surface area (Å²) in [5.41, 5.74) is -0.741. The molecule has 0 saturated carbocycles. The molecule has 1 heterocycles. The average molecular weight is 292 g/mol. The second-order valence-corrected chi connectivity index (χ2v) is 4.17. The predicted octanol–water partition coefficient (Wildman–Crippen LogP) is 2.96. The first-order chi connectivity index (χ1) is 9.54. The minimum absolute atomic E-state index is 0.443. The number of halogens is 3. The molecule has 1 aromatic heterocycles. The van der Waals surface area contributed by atoms with Crippen LogP contribution in [0.5, 0.6) is 0 Å². The first-order valence-electron chi connectivity index (χ1n) is 6.38. The van der Waals surface area contributed by atoms with Gasteiger partial charge in [-0.15, -0.1) is 0 Å². The number of aromatic nitrogens is 1. The van der Waals surface area contributed by atoms with Crippen LogP contribution in [0.4, 0.5) is 19.0 Å². The zero-order chi connectivity index (χ0) is 14.8. The van der Waals surface area contributed by atoms with Gasteiger partial charge >= 0.3 is 6.18 Å². The normalized spacial score (nSPS) is 11.6. The van der Waals surface area contributed by atoms with Crippen LogP contribution in [0.25, 0.3) is 0 Å². The van der Waals surface area contributed by atoms with Crippen molar-refractivity contribution in [2.24, 2.45) is 0 Å². The number of ether oxygens (including phenoxy) is 2. The largest absolute Gasteiger partial charge is 0.417 e. The number of unbranched alkanes of at least 4 members (excludes halogenated alkanes) is 1. The molecule has 0 unspecified atom stereocenters. The number of alkyl halides is 3. The summed E-state index contributed by atoms with van der Waals surface area (Å²) in [6, 6.07) is 2.35. The van der Waals surface area contributed by atoms with E-state index in [1.54, 1.807) is 7.11 Å². The summed E-state index contributed by atoms with van der Waals surface area (Å²) in [6.45, 7) is 2.44. The standard InChI is InChI=1S/C13H19F3N2O2/c1-19-8-9-20-7-3-2-6-17-12-5-4-11(10-18-12)13(14,15)16/h4-5,10H,2-3,6-9H2,1H3,(H,17,18). The summed E-state index contributed by atoms with van der Waals surface area (Å²) >= 11 is 0. The quantitative estimate of drug-likeness (QED) is 0.711. The molecule has 0 bridgehead atoms. The predicted molar refractivity (Wildman–Crippen MR) is 69.7 cm³/mol. The number of anilines is 1. The molecule has 1 N–H and O–H groups in total. The monoisotopic (exact) mass is 292 g/mol. The van der Waals surface area contributed by atoms with Gasteiger partial charge in [0.2, 0.25) is 0 Å². The smallest absolute Gasteiger partial charge is 0.382 e. The van der Waals surface area contributed by atoms with Crippen molar-refractivity contribution in [3.8, 4) is 0 Å². The van der Waals surface area contributed by atoms with E-state index < -0.39 is 11.7 Å². The first kappa shape index (κ1) is 16.7. The Balaban J connectivity index is 2.13. The molecule has 0 amide bonds. The Hall–Kier alpha value is -1.34. The summed E-state index contributed by atoms with van der Waals surface area (Å²) < 4.78 is 47.1. The fourth-order valence-electron chi connectivity index (χ4n) is 1.46. The zero-order valence-electron chi connectivity index (χ0n) is 11.4. The van der Waals surface area contributed by atoms with Crippen LogP contribution in [0.15, 0.2) is 18.3 Å². The molecule has 0 radical (unpaired) electrons. The summed E-state index contributed by atoms with van der Waals surface area (Å²) in [5, 5.41) is 2.97. The molecule has 0 aliphatic heterocycles. The lowest BCUT2D eigenvalue weighted by Gasteiger charge is -2.08. The minimum Gasteiger partial charge on any atom is -0.382 e.